The predicted molar refractivity (Wildman–Crippen MR) is 107 cm³/mol. The predicted octanol–water partition coefficient (Wildman–Crippen LogP) is 5.26. The minimum atomic E-state index is -0.174. The minimum Gasteiger partial charge on any atom is -0.492 e. The lowest BCUT2D eigenvalue weighted by atomic mass is 10.0. The van der Waals surface area contributed by atoms with E-state index in [1.54, 1.807) is 0 Å². The van der Waals surface area contributed by atoms with Gasteiger partial charge in [-0.05, 0) is 36.3 Å². The van der Waals surface area contributed by atoms with Crippen molar-refractivity contribution >= 4 is 23.2 Å². The van der Waals surface area contributed by atoms with Gasteiger partial charge in [0.1, 0.15) is 5.75 Å². The number of nitrogens with one attached hydrogen (secondary N) is 1. The number of para-hydroxylation sites is 2. The van der Waals surface area contributed by atoms with Crippen molar-refractivity contribution in [3.8, 4) is 5.75 Å². The van der Waals surface area contributed by atoms with Crippen molar-refractivity contribution in [2.24, 2.45) is 0 Å². The molecule has 0 bridgehead atoms. The fraction of sp³-hybridized carbons (Fsp3) is 0.0870. The summed E-state index contributed by atoms with van der Waals surface area (Å²) in [4.78, 5) is 13.0. The third kappa shape index (κ3) is 4.39. The van der Waals surface area contributed by atoms with Gasteiger partial charge in [0.15, 0.2) is 0 Å². The molecule has 0 aliphatic heterocycles. The van der Waals surface area contributed by atoms with Crippen molar-refractivity contribution in [2.75, 3.05) is 11.9 Å². The standard InChI is InChI=1S/C23H21NO2/c1-2-26-22-16-10-9-15-21(22)24-23(25)20(19-13-7-4-8-14-19)17-18-11-5-3-6-12-18/h3-17H,2H2,1H3,(H,24,25)/b20-17+. The van der Waals surface area contributed by atoms with Gasteiger partial charge in [-0.3, -0.25) is 4.79 Å². The van der Waals surface area contributed by atoms with Gasteiger partial charge in [-0.2, -0.15) is 0 Å². The SMILES string of the molecule is CCOc1ccccc1NC(=O)/C(=C/c1ccccc1)c1ccccc1. The highest BCUT2D eigenvalue weighted by Crippen LogP contribution is 2.26. The first kappa shape index (κ1) is 17.5. The summed E-state index contributed by atoms with van der Waals surface area (Å²) in [6, 6.07) is 26.9. The molecule has 1 amide bonds. The van der Waals surface area contributed by atoms with Gasteiger partial charge in [-0.1, -0.05) is 72.8 Å². The molecule has 0 saturated carbocycles. The maximum atomic E-state index is 13.0. The van der Waals surface area contributed by atoms with E-state index in [1.807, 2.05) is 97.9 Å². The summed E-state index contributed by atoms with van der Waals surface area (Å²) in [6.45, 7) is 2.46. The van der Waals surface area contributed by atoms with Crippen LogP contribution < -0.4 is 10.1 Å². The van der Waals surface area contributed by atoms with E-state index < -0.39 is 0 Å². The molecule has 0 saturated heterocycles. The second kappa shape index (κ2) is 8.67. The summed E-state index contributed by atoms with van der Waals surface area (Å²) in [5, 5.41) is 2.98. The van der Waals surface area contributed by atoms with Gasteiger partial charge in [0, 0.05) is 5.57 Å². The Morgan fingerprint density at radius 3 is 2.19 bits per heavy atom. The average molecular weight is 343 g/mol. The Bertz CT molecular complexity index is 886. The van der Waals surface area contributed by atoms with Crippen LogP contribution in [-0.4, -0.2) is 12.5 Å². The Labute approximate surface area is 154 Å². The van der Waals surface area contributed by atoms with E-state index in [0.717, 1.165) is 11.1 Å². The quantitative estimate of drug-likeness (QED) is 0.489. The Hall–Kier alpha value is -3.33. The van der Waals surface area contributed by atoms with Crippen LogP contribution in [0.25, 0.3) is 11.6 Å². The molecule has 3 aromatic rings. The number of rotatable bonds is 6. The summed E-state index contributed by atoms with van der Waals surface area (Å²) in [7, 11) is 0. The first-order chi connectivity index (χ1) is 12.8. The highest BCUT2D eigenvalue weighted by molar-refractivity contribution is 6.29. The Morgan fingerprint density at radius 2 is 1.50 bits per heavy atom. The third-order valence-corrected chi connectivity index (χ3v) is 3.88. The van der Waals surface area contributed by atoms with Crippen LogP contribution in [0.1, 0.15) is 18.1 Å². The van der Waals surface area contributed by atoms with Gasteiger partial charge in [0.25, 0.3) is 5.91 Å². The summed E-state index contributed by atoms with van der Waals surface area (Å²) in [6.07, 6.45) is 1.90. The topological polar surface area (TPSA) is 38.3 Å². The number of hydrogen-bond acceptors (Lipinski definition) is 2. The number of amides is 1. The van der Waals surface area contributed by atoms with Gasteiger partial charge in [-0.15, -0.1) is 0 Å². The Morgan fingerprint density at radius 1 is 0.885 bits per heavy atom. The van der Waals surface area contributed by atoms with Gasteiger partial charge in [0.05, 0.1) is 12.3 Å². The smallest absolute Gasteiger partial charge is 0.256 e. The molecule has 0 aromatic heterocycles. The van der Waals surface area contributed by atoms with Crippen molar-refractivity contribution in [2.45, 2.75) is 6.92 Å². The van der Waals surface area contributed by atoms with E-state index in [1.165, 1.54) is 0 Å². The van der Waals surface area contributed by atoms with Gasteiger partial charge in [0.2, 0.25) is 0 Å². The molecule has 0 radical (unpaired) electrons. The van der Waals surface area contributed by atoms with Crippen molar-refractivity contribution in [1.29, 1.82) is 0 Å². The molecule has 26 heavy (non-hydrogen) atoms. The highest BCUT2D eigenvalue weighted by atomic mass is 16.5. The molecule has 0 heterocycles. The lowest BCUT2D eigenvalue weighted by Gasteiger charge is -2.13. The molecule has 0 spiro atoms. The molecule has 130 valence electrons. The monoisotopic (exact) mass is 343 g/mol. The first-order valence-corrected chi connectivity index (χ1v) is 8.63. The zero-order valence-corrected chi connectivity index (χ0v) is 14.7. The molecule has 3 nitrogen and oxygen atoms in total. The van der Waals surface area contributed by atoms with Crippen LogP contribution in [0.3, 0.4) is 0 Å². The van der Waals surface area contributed by atoms with Crippen molar-refractivity contribution in [1.82, 2.24) is 0 Å². The molecule has 3 aromatic carbocycles. The van der Waals surface area contributed by atoms with Crippen molar-refractivity contribution in [3.63, 3.8) is 0 Å². The van der Waals surface area contributed by atoms with Crippen LogP contribution in [0.2, 0.25) is 0 Å². The van der Waals surface area contributed by atoms with E-state index in [4.69, 9.17) is 4.74 Å². The fourth-order valence-corrected chi connectivity index (χ4v) is 2.65. The summed E-state index contributed by atoms with van der Waals surface area (Å²) >= 11 is 0. The van der Waals surface area contributed by atoms with Crippen molar-refractivity contribution < 1.29 is 9.53 Å². The number of carbonyl (C=O) groups is 1. The molecule has 0 atom stereocenters. The molecule has 0 aliphatic rings. The lowest BCUT2D eigenvalue weighted by Crippen LogP contribution is -2.14. The maximum absolute atomic E-state index is 13.0. The number of ether oxygens (including phenoxy) is 1. The highest BCUT2D eigenvalue weighted by Gasteiger charge is 2.14. The van der Waals surface area contributed by atoms with E-state index in [2.05, 4.69) is 5.32 Å². The molecule has 1 N–H and O–H groups in total. The van der Waals surface area contributed by atoms with E-state index >= 15 is 0 Å². The summed E-state index contributed by atoms with van der Waals surface area (Å²) in [5.74, 6) is 0.489. The number of benzene rings is 3. The molecule has 3 heteroatoms. The Balaban J connectivity index is 1.95. The second-order valence-electron chi connectivity index (χ2n) is 5.72. The average Bonchev–Trinajstić information content (AvgIpc) is 2.69. The zero-order valence-electron chi connectivity index (χ0n) is 14.7. The minimum absolute atomic E-state index is 0.174. The molecule has 0 fully saturated rings. The fourth-order valence-electron chi connectivity index (χ4n) is 2.65. The van der Waals surface area contributed by atoms with Crippen LogP contribution in [-0.2, 0) is 4.79 Å². The molecule has 3 rings (SSSR count). The maximum Gasteiger partial charge on any atom is 0.256 e. The largest absolute Gasteiger partial charge is 0.492 e. The molecule has 0 unspecified atom stereocenters. The van der Waals surface area contributed by atoms with Gasteiger partial charge in [-0.25, -0.2) is 0 Å². The number of carbonyl (C=O) groups excluding carboxylic acids is 1. The van der Waals surface area contributed by atoms with Crippen LogP contribution in [0.5, 0.6) is 5.75 Å². The molecular formula is C23H21NO2. The zero-order chi connectivity index (χ0) is 18.2. The number of hydrogen-bond donors (Lipinski definition) is 1. The van der Waals surface area contributed by atoms with Crippen LogP contribution in [0, 0.1) is 0 Å². The van der Waals surface area contributed by atoms with Crippen LogP contribution >= 0.6 is 0 Å². The first-order valence-electron chi connectivity index (χ1n) is 8.63. The summed E-state index contributed by atoms with van der Waals surface area (Å²) in [5.41, 5.74) is 3.10. The lowest BCUT2D eigenvalue weighted by molar-refractivity contribution is -0.111. The van der Waals surface area contributed by atoms with Gasteiger partial charge >= 0.3 is 0 Å². The molecular weight excluding hydrogens is 322 g/mol. The van der Waals surface area contributed by atoms with E-state index in [0.29, 0.717) is 23.6 Å². The third-order valence-electron chi connectivity index (χ3n) is 3.88. The van der Waals surface area contributed by atoms with Crippen LogP contribution in [0.15, 0.2) is 84.9 Å². The number of anilines is 1. The van der Waals surface area contributed by atoms with Crippen molar-refractivity contribution in [3.05, 3.63) is 96.1 Å². The van der Waals surface area contributed by atoms with Crippen LogP contribution in [0.4, 0.5) is 5.69 Å². The second-order valence-corrected chi connectivity index (χ2v) is 5.72. The van der Waals surface area contributed by atoms with E-state index in [9.17, 15) is 4.79 Å². The van der Waals surface area contributed by atoms with E-state index in [-0.39, 0.29) is 5.91 Å². The van der Waals surface area contributed by atoms with Gasteiger partial charge < -0.3 is 10.1 Å². The molecule has 0 aliphatic carbocycles. The Kier molecular flexibility index (Phi) is 5.84. The summed E-state index contributed by atoms with van der Waals surface area (Å²) < 4.78 is 5.61. The normalized spacial score (nSPS) is 11.0.